The minimum atomic E-state index is 0.930. The summed E-state index contributed by atoms with van der Waals surface area (Å²) in [5.74, 6) is 2.05. The van der Waals surface area contributed by atoms with Crippen LogP contribution in [-0.2, 0) is 0 Å². The highest BCUT2D eigenvalue weighted by atomic mass is 32.1. The molecule has 0 atom stereocenters. The van der Waals surface area contributed by atoms with Crippen molar-refractivity contribution < 1.29 is 0 Å². The van der Waals surface area contributed by atoms with Gasteiger partial charge in [-0.15, -0.1) is 11.3 Å². The normalized spacial score (nSPS) is 14.7. The molecule has 1 fully saturated rings. The zero-order valence-corrected chi connectivity index (χ0v) is 15.6. The van der Waals surface area contributed by atoms with Crippen molar-refractivity contribution >= 4 is 33.1 Å². The lowest BCUT2D eigenvalue weighted by molar-refractivity contribution is 0.641. The Morgan fingerprint density at radius 2 is 1.52 bits per heavy atom. The number of rotatable bonds is 3. The third-order valence-corrected chi connectivity index (χ3v) is 6.05. The van der Waals surface area contributed by atoms with Gasteiger partial charge in [-0.3, -0.25) is 0 Å². The maximum atomic E-state index is 4.53. The van der Waals surface area contributed by atoms with Crippen molar-refractivity contribution in [3.05, 3.63) is 67.1 Å². The standard InChI is InChI=1S/C21H19N5S/c1-2-6-18-16(5-1)13-19(27-18)17-14-21(24-15-23-17)26-11-9-25(10-12-26)20-7-3-4-8-22-20/h1-8,13-15H,9-12H2. The summed E-state index contributed by atoms with van der Waals surface area (Å²) in [6, 6.07) is 18.8. The van der Waals surface area contributed by atoms with E-state index in [-0.39, 0.29) is 0 Å². The van der Waals surface area contributed by atoms with E-state index in [0.29, 0.717) is 0 Å². The van der Waals surface area contributed by atoms with Gasteiger partial charge in [-0.2, -0.15) is 0 Å². The molecular weight excluding hydrogens is 354 g/mol. The predicted octanol–water partition coefficient (Wildman–Crippen LogP) is 4.08. The summed E-state index contributed by atoms with van der Waals surface area (Å²) in [6.07, 6.45) is 3.53. The van der Waals surface area contributed by atoms with E-state index in [9.17, 15) is 0 Å². The van der Waals surface area contributed by atoms with Crippen LogP contribution in [-0.4, -0.2) is 41.1 Å². The largest absolute Gasteiger partial charge is 0.353 e. The highest BCUT2D eigenvalue weighted by Crippen LogP contribution is 2.33. The van der Waals surface area contributed by atoms with Crippen LogP contribution in [0.4, 0.5) is 11.6 Å². The van der Waals surface area contributed by atoms with Crippen LogP contribution in [0.15, 0.2) is 67.1 Å². The molecule has 3 aromatic heterocycles. The van der Waals surface area contributed by atoms with Crippen LogP contribution in [0, 0.1) is 0 Å². The fourth-order valence-electron chi connectivity index (χ4n) is 3.47. The molecule has 0 aliphatic carbocycles. The van der Waals surface area contributed by atoms with Gasteiger partial charge < -0.3 is 9.80 Å². The van der Waals surface area contributed by atoms with Crippen molar-refractivity contribution in [1.82, 2.24) is 15.0 Å². The minimum absolute atomic E-state index is 0.930. The van der Waals surface area contributed by atoms with Gasteiger partial charge in [-0.05, 0) is 29.7 Å². The zero-order valence-electron chi connectivity index (χ0n) is 14.8. The van der Waals surface area contributed by atoms with E-state index in [1.54, 1.807) is 17.7 Å². The van der Waals surface area contributed by atoms with Gasteiger partial charge >= 0.3 is 0 Å². The summed E-state index contributed by atoms with van der Waals surface area (Å²) in [7, 11) is 0. The quantitative estimate of drug-likeness (QED) is 0.541. The van der Waals surface area contributed by atoms with Gasteiger partial charge in [0.1, 0.15) is 18.0 Å². The summed E-state index contributed by atoms with van der Waals surface area (Å²) in [5, 5.41) is 1.27. The Kier molecular flexibility index (Phi) is 4.18. The van der Waals surface area contributed by atoms with E-state index < -0.39 is 0 Å². The smallest absolute Gasteiger partial charge is 0.132 e. The first-order valence-electron chi connectivity index (χ1n) is 9.09. The lowest BCUT2D eigenvalue weighted by Gasteiger charge is -2.36. The summed E-state index contributed by atoms with van der Waals surface area (Å²) in [6.45, 7) is 3.75. The van der Waals surface area contributed by atoms with Gasteiger partial charge in [0.05, 0.1) is 10.6 Å². The molecule has 0 unspecified atom stereocenters. The molecule has 5 rings (SSSR count). The van der Waals surface area contributed by atoms with Crippen molar-refractivity contribution in [3.63, 3.8) is 0 Å². The molecule has 0 bridgehead atoms. The molecule has 0 spiro atoms. The van der Waals surface area contributed by atoms with Crippen LogP contribution >= 0.6 is 11.3 Å². The second kappa shape index (κ2) is 6.96. The van der Waals surface area contributed by atoms with E-state index in [2.05, 4.69) is 67.2 Å². The number of benzene rings is 1. The van der Waals surface area contributed by atoms with Crippen LogP contribution in [0.5, 0.6) is 0 Å². The molecule has 1 saturated heterocycles. The summed E-state index contributed by atoms with van der Waals surface area (Å²) in [4.78, 5) is 19.3. The Morgan fingerprint density at radius 1 is 0.741 bits per heavy atom. The molecule has 1 aliphatic heterocycles. The molecule has 0 radical (unpaired) electrons. The number of aromatic nitrogens is 3. The molecule has 0 amide bonds. The van der Waals surface area contributed by atoms with E-state index in [4.69, 9.17) is 0 Å². The number of thiophene rings is 1. The van der Waals surface area contributed by atoms with Crippen molar-refractivity contribution in [2.24, 2.45) is 0 Å². The maximum Gasteiger partial charge on any atom is 0.132 e. The van der Waals surface area contributed by atoms with Gasteiger partial charge in [-0.1, -0.05) is 24.3 Å². The van der Waals surface area contributed by atoms with Gasteiger partial charge in [0.15, 0.2) is 0 Å². The highest BCUT2D eigenvalue weighted by molar-refractivity contribution is 7.22. The van der Waals surface area contributed by atoms with Crippen molar-refractivity contribution in [3.8, 4) is 10.6 Å². The second-order valence-corrected chi connectivity index (χ2v) is 7.66. The molecule has 27 heavy (non-hydrogen) atoms. The first-order chi connectivity index (χ1) is 13.4. The monoisotopic (exact) mass is 373 g/mol. The van der Waals surface area contributed by atoms with Gasteiger partial charge in [-0.25, -0.2) is 15.0 Å². The summed E-state index contributed by atoms with van der Waals surface area (Å²) < 4.78 is 1.29. The molecule has 134 valence electrons. The molecule has 4 aromatic rings. The molecule has 5 nitrogen and oxygen atoms in total. The third-order valence-electron chi connectivity index (χ3n) is 4.91. The number of fused-ring (bicyclic) bond motifs is 1. The Hall–Kier alpha value is -2.99. The van der Waals surface area contributed by atoms with Crippen molar-refractivity contribution in [2.75, 3.05) is 36.0 Å². The molecule has 0 saturated carbocycles. The van der Waals surface area contributed by atoms with Crippen LogP contribution in [0.2, 0.25) is 0 Å². The van der Waals surface area contributed by atoms with Gasteiger partial charge in [0.25, 0.3) is 0 Å². The zero-order chi connectivity index (χ0) is 18.1. The Balaban J connectivity index is 1.35. The molecular formula is C21H19N5S. The van der Waals surface area contributed by atoms with E-state index >= 15 is 0 Å². The predicted molar refractivity (Wildman–Crippen MR) is 112 cm³/mol. The van der Waals surface area contributed by atoms with Crippen LogP contribution in [0.25, 0.3) is 20.7 Å². The lowest BCUT2D eigenvalue weighted by atomic mass is 10.2. The molecule has 0 N–H and O–H groups in total. The van der Waals surface area contributed by atoms with Gasteiger partial charge in [0.2, 0.25) is 0 Å². The Bertz CT molecular complexity index is 1020. The first-order valence-corrected chi connectivity index (χ1v) is 9.90. The number of piperazine rings is 1. The van der Waals surface area contributed by atoms with Crippen LogP contribution in [0.1, 0.15) is 0 Å². The van der Waals surface area contributed by atoms with Crippen LogP contribution in [0.3, 0.4) is 0 Å². The molecule has 1 aromatic carbocycles. The summed E-state index contributed by atoms with van der Waals surface area (Å²) in [5.41, 5.74) is 0.994. The molecule has 1 aliphatic rings. The number of anilines is 2. The Labute approximate surface area is 162 Å². The highest BCUT2D eigenvalue weighted by Gasteiger charge is 2.19. The number of nitrogens with zero attached hydrogens (tertiary/aromatic N) is 5. The fourth-order valence-corrected chi connectivity index (χ4v) is 4.50. The number of hydrogen-bond donors (Lipinski definition) is 0. The summed E-state index contributed by atoms with van der Waals surface area (Å²) >= 11 is 1.78. The molecule has 4 heterocycles. The second-order valence-electron chi connectivity index (χ2n) is 6.57. The van der Waals surface area contributed by atoms with Gasteiger partial charge in [0, 0.05) is 43.1 Å². The number of hydrogen-bond acceptors (Lipinski definition) is 6. The average Bonchev–Trinajstić information content (AvgIpc) is 3.19. The first kappa shape index (κ1) is 16.2. The lowest BCUT2D eigenvalue weighted by Crippen LogP contribution is -2.47. The number of pyridine rings is 1. The Morgan fingerprint density at radius 3 is 2.30 bits per heavy atom. The average molecular weight is 373 g/mol. The van der Waals surface area contributed by atoms with E-state index in [1.165, 1.54) is 15.0 Å². The van der Waals surface area contributed by atoms with Crippen molar-refractivity contribution in [2.45, 2.75) is 0 Å². The van der Waals surface area contributed by atoms with E-state index in [1.807, 2.05) is 18.3 Å². The van der Waals surface area contributed by atoms with E-state index in [0.717, 1.165) is 43.5 Å². The minimum Gasteiger partial charge on any atom is -0.353 e. The topological polar surface area (TPSA) is 45.2 Å². The maximum absolute atomic E-state index is 4.53. The SMILES string of the molecule is c1ccc(N2CCN(c3cc(-c4cc5ccccc5s4)ncn3)CC2)nc1. The van der Waals surface area contributed by atoms with Crippen molar-refractivity contribution in [1.29, 1.82) is 0 Å². The molecule has 6 heteroatoms. The van der Waals surface area contributed by atoms with Crippen LogP contribution < -0.4 is 9.80 Å². The third kappa shape index (κ3) is 3.24. The fraction of sp³-hybridized carbons (Fsp3) is 0.190.